The molecule has 17 heavy (non-hydrogen) atoms. The number of aromatic nitrogens is 1. The van der Waals surface area contributed by atoms with Gasteiger partial charge in [-0.05, 0) is 13.3 Å². The van der Waals surface area contributed by atoms with Gasteiger partial charge in [0.2, 0.25) is 0 Å². The fourth-order valence-corrected chi connectivity index (χ4v) is 1.90. The fourth-order valence-electron chi connectivity index (χ4n) is 1.90. The van der Waals surface area contributed by atoms with Crippen LogP contribution in [0.4, 0.5) is 20.4 Å². The van der Waals surface area contributed by atoms with Crippen LogP contribution in [0.15, 0.2) is 6.07 Å². The number of pyridine rings is 1. The molecule has 1 atom stereocenters. The van der Waals surface area contributed by atoms with Gasteiger partial charge >= 0.3 is 0 Å². The molecule has 1 aliphatic heterocycles. The van der Waals surface area contributed by atoms with E-state index in [2.05, 4.69) is 10.3 Å². The van der Waals surface area contributed by atoms with E-state index >= 15 is 0 Å². The van der Waals surface area contributed by atoms with Gasteiger partial charge in [-0.1, -0.05) is 0 Å². The van der Waals surface area contributed by atoms with E-state index in [4.69, 9.17) is 0 Å². The maximum atomic E-state index is 13.6. The van der Waals surface area contributed by atoms with E-state index in [9.17, 15) is 13.9 Å². The largest absolute Gasteiger partial charge is 0.391 e. The second-order valence-electron chi connectivity index (χ2n) is 4.04. The fraction of sp³-hybridized carbons (Fsp3) is 0.545. The number of hydrogen-bond acceptors (Lipinski definition) is 4. The van der Waals surface area contributed by atoms with Gasteiger partial charge in [-0.25, -0.2) is 13.8 Å². The van der Waals surface area contributed by atoms with Crippen LogP contribution < -0.4 is 10.2 Å². The molecular formula is C11H15F2N3O. The summed E-state index contributed by atoms with van der Waals surface area (Å²) in [6.45, 7) is 3.19. The van der Waals surface area contributed by atoms with Crippen LogP contribution in [-0.4, -0.2) is 35.8 Å². The predicted molar refractivity (Wildman–Crippen MR) is 61.2 cm³/mol. The molecule has 2 rings (SSSR count). The molecular weight excluding hydrogens is 228 g/mol. The van der Waals surface area contributed by atoms with E-state index in [0.29, 0.717) is 26.1 Å². The van der Waals surface area contributed by atoms with E-state index in [1.807, 2.05) is 6.92 Å². The SMILES string of the molecule is CCNc1nc(N2CCC(O)C2)c(F)cc1F. The van der Waals surface area contributed by atoms with Gasteiger partial charge in [0, 0.05) is 25.7 Å². The lowest BCUT2D eigenvalue weighted by molar-refractivity contribution is 0.198. The van der Waals surface area contributed by atoms with Crippen LogP contribution >= 0.6 is 0 Å². The molecule has 1 aromatic heterocycles. The molecule has 0 bridgehead atoms. The molecule has 6 heteroatoms. The molecule has 1 saturated heterocycles. The van der Waals surface area contributed by atoms with Crippen LogP contribution in [0.1, 0.15) is 13.3 Å². The first-order chi connectivity index (χ1) is 8.11. The lowest BCUT2D eigenvalue weighted by Gasteiger charge is -2.18. The van der Waals surface area contributed by atoms with Crippen LogP contribution in [0.25, 0.3) is 0 Å². The van der Waals surface area contributed by atoms with Gasteiger partial charge in [-0.15, -0.1) is 0 Å². The number of halogens is 2. The minimum Gasteiger partial charge on any atom is -0.391 e. The summed E-state index contributed by atoms with van der Waals surface area (Å²) in [6.07, 6.45) is 0.110. The van der Waals surface area contributed by atoms with Crippen molar-refractivity contribution < 1.29 is 13.9 Å². The van der Waals surface area contributed by atoms with E-state index < -0.39 is 17.7 Å². The zero-order chi connectivity index (χ0) is 12.4. The Hall–Kier alpha value is -1.43. The molecule has 2 N–H and O–H groups in total. The highest BCUT2D eigenvalue weighted by molar-refractivity contribution is 5.50. The number of hydrogen-bond donors (Lipinski definition) is 2. The minimum absolute atomic E-state index is 0.0466. The lowest BCUT2D eigenvalue weighted by Crippen LogP contribution is -2.24. The smallest absolute Gasteiger partial charge is 0.168 e. The van der Waals surface area contributed by atoms with Crippen LogP contribution in [-0.2, 0) is 0 Å². The van der Waals surface area contributed by atoms with Gasteiger partial charge in [0.05, 0.1) is 6.10 Å². The van der Waals surface area contributed by atoms with Gasteiger partial charge in [-0.2, -0.15) is 0 Å². The third-order valence-electron chi connectivity index (χ3n) is 2.72. The van der Waals surface area contributed by atoms with Gasteiger partial charge in [-0.3, -0.25) is 0 Å². The Kier molecular flexibility index (Phi) is 3.42. The van der Waals surface area contributed by atoms with Crippen molar-refractivity contribution in [3.63, 3.8) is 0 Å². The molecule has 0 radical (unpaired) electrons. The molecule has 0 spiro atoms. The van der Waals surface area contributed by atoms with Crippen molar-refractivity contribution in [2.24, 2.45) is 0 Å². The molecule has 0 amide bonds. The highest BCUT2D eigenvalue weighted by atomic mass is 19.1. The Morgan fingerprint density at radius 2 is 2.29 bits per heavy atom. The summed E-state index contributed by atoms with van der Waals surface area (Å²) in [5, 5.41) is 12.1. The van der Waals surface area contributed by atoms with E-state index in [0.717, 1.165) is 6.07 Å². The minimum atomic E-state index is -0.701. The van der Waals surface area contributed by atoms with Crippen molar-refractivity contribution in [1.82, 2.24) is 4.98 Å². The first-order valence-electron chi connectivity index (χ1n) is 5.64. The molecule has 0 aromatic carbocycles. The third-order valence-corrected chi connectivity index (χ3v) is 2.72. The number of rotatable bonds is 3. The van der Waals surface area contributed by atoms with Gasteiger partial charge in [0.25, 0.3) is 0 Å². The van der Waals surface area contributed by atoms with Gasteiger partial charge in [0.1, 0.15) is 0 Å². The summed E-state index contributed by atoms with van der Waals surface area (Å²) in [7, 11) is 0. The number of nitrogens with zero attached hydrogens (tertiary/aromatic N) is 2. The summed E-state index contributed by atoms with van der Waals surface area (Å²) < 4.78 is 26.9. The van der Waals surface area contributed by atoms with Gasteiger partial charge < -0.3 is 15.3 Å². The molecule has 2 heterocycles. The Balaban J connectivity index is 2.29. The van der Waals surface area contributed by atoms with Gasteiger partial charge in [0.15, 0.2) is 23.3 Å². The maximum Gasteiger partial charge on any atom is 0.168 e. The van der Waals surface area contributed by atoms with Crippen LogP contribution in [0.2, 0.25) is 0 Å². The Morgan fingerprint density at radius 1 is 1.53 bits per heavy atom. The first-order valence-corrected chi connectivity index (χ1v) is 5.64. The quantitative estimate of drug-likeness (QED) is 0.841. The molecule has 1 unspecified atom stereocenters. The number of aliphatic hydroxyl groups is 1. The normalized spacial score (nSPS) is 19.8. The molecule has 1 aliphatic rings. The average Bonchev–Trinajstić information content (AvgIpc) is 2.69. The van der Waals surface area contributed by atoms with Crippen LogP contribution in [0, 0.1) is 11.6 Å². The Bertz CT molecular complexity index is 414. The third kappa shape index (κ3) is 2.46. The van der Waals surface area contributed by atoms with Crippen molar-refractivity contribution in [1.29, 1.82) is 0 Å². The van der Waals surface area contributed by atoms with E-state index in [1.54, 1.807) is 4.90 Å². The maximum absolute atomic E-state index is 13.6. The molecule has 0 aliphatic carbocycles. The Morgan fingerprint density at radius 3 is 2.88 bits per heavy atom. The van der Waals surface area contributed by atoms with Crippen LogP contribution in [0.5, 0.6) is 0 Å². The molecule has 1 aromatic rings. The van der Waals surface area contributed by atoms with Crippen molar-refractivity contribution in [2.75, 3.05) is 29.9 Å². The van der Waals surface area contributed by atoms with E-state index in [-0.39, 0.29) is 11.6 Å². The number of nitrogens with one attached hydrogen (secondary N) is 1. The van der Waals surface area contributed by atoms with Crippen LogP contribution in [0.3, 0.4) is 0 Å². The summed E-state index contributed by atoms with van der Waals surface area (Å²) in [4.78, 5) is 5.56. The highest BCUT2D eigenvalue weighted by Gasteiger charge is 2.25. The summed E-state index contributed by atoms with van der Waals surface area (Å²) in [5.74, 6) is -1.25. The standard InChI is InChI=1S/C11H15F2N3O/c1-2-14-10-8(12)5-9(13)11(15-10)16-4-3-7(17)6-16/h5,7,17H,2-4,6H2,1H3,(H,14,15). The second kappa shape index (κ2) is 4.83. The van der Waals surface area contributed by atoms with E-state index in [1.165, 1.54) is 0 Å². The molecule has 0 saturated carbocycles. The molecule has 94 valence electrons. The molecule has 1 fully saturated rings. The summed E-state index contributed by atoms with van der Waals surface area (Å²) >= 11 is 0. The second-order valence-corrected chi connectivity index (χ2v) is 4.04. The van der Waals surface area contributed by atoms with Crippen molar-refractivity contribution in [3.8, 4) is 0 Å². The zero-order valence-corrected chi connectivity index (χ0v) is 9.58. The zero-order valence-electron chi connectivity index (χ0n) is 9.58. The number of anilines is 2. The van der Waals surface area contributed by atoms with Crippen molar-refractivity contribution in [3.05, 3.63) is 17.7 Å². The lowest BCUT2D eigenvalue weighted by atomic mass is 10.3. The molecule has 4 nitrogen and oxygen atoms in total. The highest BCUT2D eigenvalue weighted by Crippen LogP contribution is 2.25. The summed E-state index contributed by atoms with van der Waals surface area (Å²) in [6, 6.07) is 0.824. The first kappa shape index (κ1) is 12.0. The van der Waals surface area contributed by atoms with Crippen molar-refractivity contribution >= 4 is 11.6 Å². The average molecular weight is 243 g/mol. The topological polar surface area (TPSA) is 48.4 Å². The summed E-state index contributed by atoms with van der Waals surface area (Å²) in [5.41, 5.74) is 0. The number of aliphatic hydroxyl groups excluding tert-OH is 1. The van der Waals surface area contributed by atoms with Crippen molar-refractivity contribution in [2.45, 2.75) is 19.4 Å². The number of β-amino-alcohol motifs (C(OH)–C–C–N with tert-alkyl or cyclic N) is 1. The predicted octanol–water partition coefficient (Wildman–Crippen LogP) is 1.36. The Labute approximate surface area is 98.3 Å². The monoisotopic (exact) mass is 243 g/mol.